The first-order valence-corrected chi connectivity index (χ1v) is 6.23. The maximum atomic E-state index is 5.39. The lowest BCUT2D eigenvalue weighted by Crippen LogP contribution is -2.00. The lowest BCUT2D eigenvalue weighted by Gasteiger charge is -2.14. The fourth-order valence-electron chi connectivity index (χ4n) is 1.52. The zero-order valence-electron chi connectivity index (χ0n) is 10.5. The molecule has 0 aliphatic rings. The summed E-state index contributed by atoms with van der Waals surface area (Å²) in [4.78, 5) is 4.88. The van der Waals surface area contributed by atoms with E-state index in [1.54, 1.807) is 14.2 Å². The fraction of sp³-hybridized carbons (Fsp3) is 0.385. The van der Waals surface area contributed by atoms with Crippen molar-refractivity contribution in [2.45, 2.75) is 19.8 Å². The topological polar surface area (TPSA) is 30.5 Å². The third-order valence-corrected chi connectivity index (χ3v) is 3.23. The molecule has 0 aliphatic carbocycles. The van der Waals surface area contributed by atoms with E-state index < -0.39 is 0 Å². The van der Waals surface area contributed by atoms with E-state index in [-0.39, 0.29) is 0 Å². The molecule has 0 amide bonds. The Morgan fingerprint density at radius 1 is 1.41 bits per heavy atom. The molecular weight excluding hydrogens is 282 g/mol. The Kier molecular flexibility index (Phi) is 5.51. The third kappa shape index (κ3) is 3.75. The van der Waals surface area contributed by atoms with E-state index in [4.69, 9.17) is 9.57 Å². The Labute approximate surface area is 111 Å². The maximum absolute atomic E-state index is 5.39. The summed E-state index contributed by atoms with van der Waals surface area (Å²) in [6.45, 7) is 6.13. The van der Waals surface area contributed by atoms with Gasteiger partial charge in [0.1, 0.15) is 5.75 Å². The number of benzene rings is 1. The molecule has 0 saturated heterocycles. The van der Waals surface area contributed by atoms with Gasteiger partial charge in [-0.3, -0.25) is 10.3 Å². The van der Waals surface area contributed by atoms with Gasteiger partial charge in [-0.25, -0.2) is 0 Å². The van der Waals surface area contributed by atoms with Crippen molar-refractivity contribution in [1.82, 2.24) is 0 Å². The van der Waals surface area contributed by atoms with Crippen molar-refractivity contribution in [2.75, 3.05) is 19.7 Å². The molecule has 4 heteroatoms. The highest BCUT2D eigenvalue weighted by molar-refractivity contribution is 9.10. The highest BCUT2D eigenvalue weighted by atomic mass is 79.9. The lowest BCUT2D eigenvalue weighted by molar-refractivity contribution is 0.270. The molecule has 94 valence electrons. The van der Waals surface area contributed by atoms with Crippen LogP contribution in [0.15, 0.2) is 28.8 Å². The standard InChI is InChI=1S/C13H18BrNO2/c1-5-9(2)6-11-12(14)7-10(15-17-4)8-13(11)16-3/h7-8,15H,2,5-6H2,1,3-4H3. The van der Waals surface area contributed by atoms with Crippen LogP contribution in [0.4, 0.5) is 5.69 Å². The molecule has 1 aromatic carbocycles. The van der Waals surface area contributed by atoms with E-state index >= 15 is 0 Å². The van der Waals surface area contributed by atoms with Crippen molar-refractivity contribution in [3.8, 4) is 5.75 Å². The predicted octanol–water partition coefficient (Wildman–Crippen LogP) is 3.94. The first-order chi connectivity index (χ1) is 8.12. The molecule has 1 rings (SSSR count). The molecule has 3 nitrogen and oxygen atoms in total. The van der Waals surface area contributed by atoms with Gasteiger partial charge >= 0.3 is 0 Å². The van der Waals surface area contributed by atoms with E-state index in [1.807, 2.05) is 12.1 Å². The van der Waals surface area contributed by atoms with E-state index in [9.17, 15) is 0 Å². The number of allylic oxidation sites excluding steroid dienone is 1. The van der Waals surface area contributed by atoms with E-state index in [2.05, 4.69) is 34.9 Å². The second-order valence-electron chi connectivity index (χ2n) is 3.73. The van der Waals surface area contributed by atoms with Crippen LogP contribution in [0.2, 0.25) is 0 Å². The molecule has 0 aliphatic heterocycles. The van der Waals surface area contributed by atoms with Crippen molar-refractivity contribution >= 4 is 21.6 Å². The molecule has 1 aromatic rings. The number of methoxy groups -OCH3 is 1. The van der Waals surface area contributed by atoms with E-state index in [0.717, 1.165) is 34.3 Å². The number of hydrogen-bond donors (Lipinski definition) is 1. The summed E-state index contributed by atoms with van der Waals surface area (Å²) in [5, 5.41) is 0. The molecule has 0 saturated carbocycles. The third-order valence-electron chi connectivity index (χ3n) is 2.52. The van der Waals surface area contributed by atoms with E-state index in [1.165, 1.54) is 5.57 Å². The number of hydrogen-bond acceptors (Lipinski definition) is 3. The summed E-state index contributed by atoms with van der Waals surface area (Å²) < 4.78 is 6.38. The molecule has 0 unspecified atom stereocenters. The van der Waals surface area contributed by atoms with Crippen LogP contribution >= 0.6 is 15.9 Å². The molecule has 0 atom stereocenters. The summed E-state index contributed by atoms with van der Waals surface area (Å²) in [5.41, 5.74) is 5.92. The average molecular weight is 300 g/mol. The van der Waals surface area contributed by atoms with Gasteiger partial charge in [-0.15, -0.1) is 0 Å². The van der Waals surface area contributed by atoms with Crippen LogP contribution in [0.5, 0.6) is 5.75 Å². The van der Waals surface area contributed by atoms with Crippen molar-refractivity contribution in [3.05, 3.63) is 34.3 Å². The van der Waals surface area contributed by atoms with Crippen molar-refractivity contribution < 1.29 is 9.57 Å². The van der Waals surface area contributed by atoms with Gasteiger partial charge in [0.15, 0.2) is 0 Å². The van der Waals surface area contributed by atoms with Gasteiger partial charge in [0.25, 0.3) is 0 Å². The smallest absolute Gasteiger partial charge is 0.125 e. The van der Waals surface area contributed by atoms with Crippen LogP contribution < -0.4 is 10.2 Å². The van der Waals surface area contributed by atoms with Gasteiger partial charge in [-0.1, -0.05) is 35.0 Å². The predicted molar refractivity (Wildman–Crippen MR) is 74.5 cm³/mol. The highest BCUT2D eigenvalue weighted by Crippen LogP contribution is 2.33. The van der Waals surface area contributed by atoms with Crippen LogP contribution in [-0.4, -0.2) is 14.2 Å². The number of halogens is 1. The minimum Gasteiger partial charge on any atom is -0.496 e. The quantitative estimate of drug-likeness (QED) is 0.637. The molecule has 0 aromatic heterocycles. The Morgan fingerprint density at radius 2 is 2.12 bits per heavy atom. The van der Waals surface area contributed by atoms with Gasteiger partial charge in [0.2, 0.25) is 0 Å². The normalized spacial score (nSPS) is 10.1. The molecule has 0 fully saturated rings. The minimum absolute atomic E-state index is 0.813. The number of ether oxygens (including phenoxy) is 1. The largest absolute Gasteiger partial charge is 0.496 e. The molecule has 17 heavy (non-hydrogen) atoms. The second-order valence-corrected chi connectivity index (χ2v) is 4.58. The average Bonchev–Trinajstić information content (AvgIpc) is 2.32. The Hall–Kier alpha value is -1.00. The Morgan fingerprint density at radius 3 is 2.65 bits per heavy atom. The monoisotopic (exact) mass is 299 g/mol. The van der Waals surface area contributed by atoms with Crippen LogP contribution in [0.1, 0.15) is 18.9 Å². The zero-order chi connectivity index (χ0) is 12.8. The molecule has 0 spiro atoms. The summed E-state index contributed by atoms with van der Waals surface area (Å²) in [5.74, 6) is 0.827. The molecule has 0 bridgehead atoms. The number of rotatable bonds is 6. The second kappa shape index (κ2) is 6.67. The van der Waals surface area contributed by atoms with Gasteiger partial charge in [-0.2, -0.15) is 0 Å². The first-order valence-electron chi connectivity index (χ1n) is 5.44. The Balaban J connectivity index is 3.07. The van der Waals surface area contributed by atoms with E-state index in [0.29, 0.717) is 0 Å². The van der Waals surface area contributed by atoms with Gasteiger partial charge < -0.3 is 4.74 Å². The van der Waals surface area contributed by atoms with Gasteiger partial charge in [0, 0.05) is 16.1 Å². The van der Waals surface area contributed by atoms with Crippen LogP contribution in [0.3, 0.4) is 0 Å². The summed E-state index contributed by atoms with van der Waals surface area (Å²) in [6, 6.07) is 3.87. The fourth-order valence-corrected chi connectivity index (χ4v) is 2.10. The molecule has 1 N–H and O–H groups in total. The number of anilines is 1. The minimum atomic E-state index is 0.813. The molecule has 0 radical (unpaired) electrons. The van der Waals surface area contributed by atoms with Crippen molar-refractivity contribution in [2.24, 2.45) is 0 Å². The van der Waals surface area contributed by atoms with Crippen LogP contribution in [0.25, 0.3) is 0 Å². The van der Waals surface area contributed by atoms with Crippen LogP contribution in [0, 0.1) is 0 Å². The van der Waals surface area contributed by atoms with Crippen LogP contribution in [-0.2, 0) is 11.3 Å². The molecule has 0 heterocycles. The van der Waals surface area contributed by atoms with Gasteiger partial charge in [-0.05, 0) is 18.9 Å². The lowest BCUT2D eigenvalue weighted by atomic mass is 10.0. The van der Waals surface area contributed by atoms with Crippen molar-refractivity contribution in [3.63, 3.8) is 0 Å². The zero-order valence-corrected chi connectivity index (χ0v) is 12.1. The Bertz CT molecular complexity index is 405. The summed E-state index contributed by atoms with van der Waals surface area (Å²) >= 11 is 3.55. The first kappa shape index (κ1) is 14.1. The SMILES string of the molecule is C=C(CC)Cc1c(Br)cc(NOC)cc1OC. The maximum Gasteiger partial charge on any atom is 0.125 e. The molecular formula is C13H18BrNO2. The van der Waals surface area contributed by atoms with Gasteiger partial charge in [0.05, 0.1) is 19.9 Å². The highest BCUT2D eigenvalue weighted by Gasteiger charge is 2.11. The number of nitrogens with one attached hydrogen (secondary N) is 1. The summed E-state index contributed by atoms with van der Waals surface area (Å²) in [7, 11) is 3.24. The van der Waals surface area contributed by atoms with Crippen molar-refractivity contribution in [1.29, 1.82) is 0 Å². The summed E-state index contributed by atoms with van der Waals surface area (Å²) in [6.07, 6.45) is 1.78.